The molecule has 0 bridgehead atoms. The first-order valence-electron chi connectivity index (χ1n) is 8.07. The highest BCUT2D eigenvalue weighted by molar-refractivity contribution is 5.97. The summed E-state index contributed by atoms with van der Waals surface area (Å²) in [5.41, 5.74) is 1.79. The average Bonchev–Trinajstić information content (AvgIpc) is 2.54. The lowest BCUT2D eigenvalue weighted by Crippen LogP contribution is -2.50. The maximum absolute atomic E-state index is 12.3. The van der Waals surface area contributed by atoms with Crippen molar-refractivity contribution in [3.05, 3.63) is 35.4 Å². The van der Waals surface area contributed by atoms with Gasteiger partial charge in [-0.3, -0.25) is 9.59 Å². The van der Waals surface area contributed by atoms with E-state index in [-0.39, 0.29) is 17.2 Å². The number of nitrogens with one attached hydrogen (secondary N) is 1. The van der Waals surface area contributed by atoms with Gasteiger partial charge in [-0.2, -0.15) is 0 Å². The molecule has 1 aliphatic heterocycles. The van der Waals surface area contributed by atoms with Crippen LogP contribution in [0.2, 0.25) is 0 Å². The van der Waals surface area contributed by atoms with E-state index in [9.17, 15) is 9.59 Å². The summed E-state index contributed by atoms with van der Waals surface area (Å²) in [6.07, 6.45) is 0. The minimum absolute atomic E-state index is 0.0502. The van der Waals surface area contributed by atoms with Crippen LogP contribution in [0.15, 0.2) is 24.3 Å². The molecule has 1 aromatic rings. The molecule has 0 aromatic heterocycles. The van der Waals surface area contributed by atoms with E-state index in [0.29, 0.717) is 31.9 Å². The smallest absolute Gasteiger partial charge is 0.251 e. The topological polar surface area (TPSA) is 58.6 Å². The third-order valence-electron chi connectivity index (χ3n) is 4.05. The molecule has 126 valence electrons. The molecule has 0 radical (unpaired) electrons. The molecule has 1 heterocycles. The van der Waals surface area contributed by atoms with E-state index in [1.165, 1.54) is 5.56 Å². The van der Waals surface area contributed by atoms with E-state index in [4.69, 9.17) is 4.74 Å². The summed E-state index contributed by atoms with van der Waals surface area (Å²) in [4.78, 5) is 26.3. The van der Waals surface area contributed by atoms with E-state index < -0.39 is 6.04 Å². The minimum atomic E-state index is -0.539. The van der Waals surface area contributed by atoms with Gasteiger partial charge in [0.2, 0.25) is 5.91 Å². The molecule has 5 nitrogen and oxygen atoms in total. The second-order valence-corrected chi connectivity index (χ2v) is 6.96. The van der Waals surface area contributed by atoms with Crippen LogP contribution in [0.1, 0.15) is 43.6 Å². The third kappa shape index (κ3) is 4.55. The van der Waals surface area contributed by atoms with Crippen molar-refractivity contribution in [3.63, 3.8) is 0 Å². The second kappa shape index (κ2) is 7.13. The Morgan fingerprint density at radius 3 is 2.22 bits per heavy atom. The standard InChI is InChI=1S/C18H26N2O3/c1-13(17(22)20-9-11-23-12-10-20)19-16(21)14-5-7-15(8-6-14)18(2,3)4/h5-8,13H,9-12H2,1-4H3,(H,19,21)/t13-/m1/s1. The summed E-state index contributed by atoms with van der Waals surface area (Å²) in [5, 5.41) is 2.78. The SMILES string of the molecule is C[C@@H](NC(=O)c1ccc(C(C)(C)C)cc1)C(=O)N1CCOCC1. The van der Waals surface area contributed by atoms with Crippen molar-refractivity contribution >= 4 is 11.8 Å². The van der Waals surface area contributed by atoms with Crippen LogP contribution < -0.4 is 5.32 Å². The quantitative estimate of drug-likeness (QED) is 0.927. The van der Waals surface area contributed by atoms with Crippen LogP contribution in [0.4, 0.5) is 0 Å². The summed E-state index contributed by atoms with van der Waals surface area (Å²) < 4.78 is 5.24. The highest BCUT2D eigenvalue weighted by Crippen LogP contribution is 2.22. The molecule has 1 aromatic carbocycles. The number of rotatable bonds is 3. The van der Waals surface area contributed by atoms with E-state index in [1.807, 2.05) is 24.3 Å². The Morgan fingerprint density at radius 1 is 1.13 bits per heavy atom. The molecule has 0 unspecified atom stereocenters. The number of nitrogens with zero attached hydrogens (tertiary/aromatic N) is 1. The number of carbonyl (C=O) groups excluding carboxylic acids is 2. The van der Waals surface area contributed by atoms with Gasteiger partial charge in [0, 0.05) is 18.7 Å². The molecule has 1 aliphatic rings. The minimum Gasteiger partial charge on any atom is -0.378 e. The Morgan fingerprint density at radius 2 is 1.70 bits per heavy atom. The molecule has 2 amide bonds. The van der Waals surface area contributed by atoms with Crippen molar-refractivity contribution in [3.8, 4) is 0 Å². The normalized spacial score (nSPS) is 16.8. The number of hydrogen-bond acceptors (Lipinski definition) is 3. The summed E-state index contributed by atoms with van der Waals surface area (Å²) in [7, 11) is 0. The van der Waals surface area contributed by atoms with Crippen molar-refractivity contribution in [1.82, 2.24) is 10.2 Å². The first kappa shape index (κ1) is 17.5. The first-order chi connectivity index (χ1) is 10.8. The monoisotopic (exact) mass is 318 g/mol. The number of carbonyl (C=O) groups is 2. The Balaban J connectivity index is 1.96. The van der Waals surface area contributed by atoms with Crippen molar-refractivity contribution in [2.75, 3.05) is 26.3 Å². The summed E-state index contributed by atoms with van der Waals surface area (Å²) in [6.45, 7) is 10.4. The third-order valence-corrected chi connectivity index (χ3v) is 4.05. The highest BCUT2D eigenvalue weighted by Gasteiger charge is 2.24. The predicted molar refractivity (Wildman–Crippen MR) is 89.5 cm³/mol. The predicted octanol–water partition coefficient (Wildman–Crippen LogP) is 1.96. The van der Waals surface area contributed by atoms with Crippen molar-refractivity contribution in [2.45, 2.75) is 39.2 Å². The molecule has 0 saturated carbocycles. The van der Waals surface area contributed by atoms with Crippen LogP contribution in [0.5, 0.6) is 0 Å². The van der Waals surface area contributed by atoms with Gasteiger partial charge in [-0.1, -0.05) is 32.9 Å². The average molecular weight is 318 g/mol. The van der Waals surface area contributed by atoms with E-state index in [0.717, 1.165) is 0 Å². The zero-order valence-corrected chi connectivity index (χ0v) is 14.4. The number of ether oxygens (including phenoxy) is 1. The zero-order valence-electron chi connectivity index (χ0n) is 14.4. The maximum atomic E-state index is 12.3. The van der Waals surface area contributed by atoms with E-state index in [1.54, 1.807) is 11.8 Å². The van der Waals surface area contributed by atoms with Crippen LogP contribution in [-0.4, -0.2) is 49.1 Å². The van der Waals surface area contributed by atoms with Crippen LogP contribution in [0.3, 0.4) is 0 Å². The molecule has 1 fully saturated rings. The molecule has 1 N–H and O–H groups in total. The lowest BCUT2D eigenvalue weighted by Gasteiger charge is -2.29. The lowest BCUT2D eigenvalue weighted by atomic mass is 9.86. The Bertz CT molecular complexity index is 555. The summed E-state index contributed by atoms with van der Waals surface area (Å²) in [6, 6.07) is 7.00. The van der Waals surface area contributed by atoms with Crippen LogP contribution in [0.25, 0.3) is 0 Å². The van der Waals surface area contributed by atoms with Gasteiger partial charge in [0.05, 0.1) is 13.2 Å². The zero-order chi connectivity index (χ0) is 17.0. The molecular formula is C18H26N2O3. The fourth-order valence-electron chi connectivity index (χ4n) is 2.52. The van der Waals surface area contributed by atoms with E-state index >= 15 is 0 Å². The number of amides is 2. The Labute approximate surface area is 138 Å². The van der Waals surface area contributed by atoms with Crippen molar-refractivity contribution in [1.29, 1.82) is 0 Å². The number of benzene rings is 1. The molecule has 1 atom stereocenters. The largest absolute Gasteiger partial charge is 0.378 e. The van der Waals surface area contributed by atoms with Crippen LogP contribution in [0, 0.1) is 0 Å². The molecule has 5 heteroatoms. The number of morpholine rings is 1. The molecule has 1 saturated heterocycles. The summed E-state index contributed by atoms with van der Waals surface area (Å²) in [5.74, 6) is -0.285. The van der Waals surface area contributed by atoms with Gasteiger partial charge in [-0.15, -0.1) is 0 Å². The molecule has 0 spiro atoms. The fraction of sp³-hybridized carbons (Fsp3) is 0.556. The Hall–Kier alpha value is -1.88. The van der Waals surface area contributed by atoms with Gasteiger partial charge >= 0.3 is 0 Å². The fourth-order valence-corrected chi connectivity index (χ4v) is 2.52. The van der Waals surface area contributed by atoms with Crippen LogP contribution in [-0.2, 0) is 14.9 Å². The van der Waals surface area contributed by atoms with Gasteiger partial charge in [0.1, 0.15) is 6.04 Å². The van der Waals surface area contributed by atoms with Crippen molar-refractivity contribution < 1.29 is 14.3 Å². The van der Waals surface area contributed by atoms with Gasteiger partial charge in [0.15, 0.2) is 0 Å². The number of hydrogen-bond donors (Lipinski definition) is 1. The Kier molecular flexibility index (Phi) is 5.42. The second-order valence-electron chi connectivity index (χ2n) is 6.96. The van der Waals surface area contributed by atoms with Gasteiger partial charge < -0.3 is 15.0 Å². The van der Waals surface area contributed by atoms with Gasteiger partial charge in [0.25, 0.3) is 5.91 Å². The molecular weight excluding hydrogens is 292 g/mol. The first-order valence-corrected chi connectivity index (χ1v) is 8.07. The van der Waals surface area contributed by atoms with Gasteiger partial charge in [-0.25, -0.2) is 0 Å². The maximum Gasteiger partial charge on any atom is 0.251 e. The molecule has 23 heavy (non-hydrogen) atoms. The van der Waals surface area contributed by atoms with E-state index in [2.05, 4.69) is 26.1 Å². The highest BCUT2D eigenvalue weighted by atomic mass is 16.5. The van der Waals surface area contributed by atoms with Gasteiger partial charge in [-0.05, 0) is 30.0 Å². The molecule has 0 aliphatic carbocycles. The lowest BCUT2D eigenvalue weighted by molar-refractivity contribution is -0.136. The van der Waals surface area contributed by atoms with Crippen molar-refractivity contribution in [2.24, 2.45) is 0 Å². The molecule has 2 rings (SSSR count). The summed E-state index contributed by atoms with van der Waals surface area (Å²) >= 11 is 0. The van der Waals surface area contributed by atoms with Crippen LogP contribution >= 0.6 is 0 Å².